The lowest BCUT2D eigenvalue weighted by Gasteiger charge is -2.09. The molecule has 0 aromatic heterocycles. The quantitative estimate of drug-likeness (QED) is 0.641. The summed E-state index contributed by atoms with van der Waals surface area (Å²) in [7, 11) is 1.59. The standard InChI is InChI=1S/C12H15BrN2O4/c1-8(19-2)3-6-12(16)14-9-4-5-11(15(17)18)10(13)7-9/h4-5,7-8H,3,6H2,1-2H3,(H,14,16)/t8-/m1/s1. The van der Waals surface area contributed by atoms with Gasteiger partial charge in [-0.25, -0.2) is 0 Å². The summed E-state index contributed by atoms with van der Waals surface area (Å²) in [6.45, 7) is 1.88. The van der Waals surface area contributed by atoms with Gasteiger partial charge in [-0.3, -0.25) is 14.9 Å². The summed E-state index contributed by atoms with van der Waals surface area (Å²) in [4.78, 5) is 21.8. The second kappa shape index (κ2) is 7.20. The van der Waals surface area contributed by atoms with Crippen molar-refractivity contribution in [3.05, 3.63) is 32.8 Å². The van der Waals surface area contributed by atoms with Crippen LogP contribution in [0.15, 0.2) is 22.7 Å². The van der Waals surface area contributed by atoms with Crippen molar-refractivity contribution >= 4 is 33.2 Å². The van der Waals surface area contributed by atoms with Gasteiger partial charge in [-0.2, -0.15) is 0 Å². The number of benzene rings is 1. The van der Waals surface area contributed by atoms with Gasteiger partial charge in [0.2, 0.25) is 5.91 Å². The molecule has 0 aliphatic rings. The number of carbonyl (C=O) groups is 1. The van der Waals surface area contributed by atoms with E-state index in [1.807, 2.05) is 6.92 Å². The first-order valence-electron chi connectivity index (χ1n) is 5.70. The molecule has 1 amide bonds. The summed E-state index contributed by atoms with van der Waals surface area (Å²) in [5.41, 5.74) is 0.485. The molecule has 0 radical (unpaired) electrons. The van der Waals surface area contributed by atoms with Gasteiger partial charge >= 0.3 is 0 Å². The van der Waals surface area contributed by atoms with Gasteiger partial charge in [-0.05, 0) is 41.4 Å². The number of nitro benzene ring substituents is 1. The van der Waals surface area contributed by atoms with E-state index in [0.29, 0.717) is 23.0 Å². The number of rotatable bonds is 6. The van der Waals surface area contributed by atoms with E-state index in [4.69, 9.17) is 4.74 Å². The molecule has 0 unspecified atom stereocenters. The molecule has 0 spiro atoms. The predicted octanol–water partition coefficient (Wildman–Crippen LogP) is 3.11. The molecular weight excluding hydrogens is 316 g/mol. The number of nitrogens with zero attached hydrogens (tertiary/aromatic N) is 1. The molecule has 0 aliphatic heterocycles. The van der Waals surface area contributed by atoms with Gasteiger partial charge in [0, 0.05) is 25.3 Å². The summed E-state index contributed by atoms with van der Waals surface area (Å²) in [5.74, 6) is -0.148. The van der Waals surface area contributed by atoms with E-state index in [-0.39, 0.29) is 17.7 Å². The number of anilines is 1. The highest BCUT2D eigenvalue weighted by Crippen LogP contribution is 2.27. The van der Waals surface area contributed by atoms with Crippen LogP contribution in [-0.2, 0) is 9.53 Å². The fraction of sp³-hybridized carbons (Fsp3) is 0.417. The van der Waals surface area contributed by atoms with E-state index in [9.17, 15) is 14.9 Å². The van der Waals surface area contributed by atoms with Gasteiger partial charge in [0.15, 0.2) is 0 Å². The fourth-order valence-corrected chi connectivity index (χ4v) is 1.93. The average Bonchev–Trinajstić information content (AvgIpc) is 2.35. The van der Waals surface area contributed by atoms with Crippen molar-refractivity contribution in [3.8, 4) is 0 Å². The Bertz CT molecular complexity index is 479. The van der Waals surface area contributed by atoms with Crippen molar-refractivity contribution in [2.24, 2.45) is 0 Å². The highest BCUT2D eigenvalue weighted by atomic mass is 79.9. The third-order valence-electron chi connectivity index (χ3n) is 2.61. The van der Waals surface area contributed by atoms with E-state index in [2.05, 4.69) is 21.2 Å². The lowest BCUT2D eigenvalue weighted by atomic mass is 10.2. The first kappa shape index (κ1) is 15.6. The third kappa shape index (κ3) is 4.96. The summed E-state index contributed by atoms with van der Waals surface area (Å²) >= 11 is 3.10. The third-order valence-corrected chi connectivity index (χ3v) is 3.24. The van der Waals surface area contributed by atoms with Crippen LogP contribution >= 0.6 is 15.9 Å². The van der Waals surface area contributed by atoms with Gasteiger partial charge in [0.1, 0.15) is 0 Å². The topological polar surface area (TPSA) is 81.5 Å². The molecule has 1 N–H and O–H groups in total. The summed E-state index contributed by atoms with van der Waals surface area (Å²) < 4.78 is 5.38. The van der Waals surface area contributed by atoms with Gasteiger partial charge in [0.25, 0.3) is 5.69 Å². The Balaban J connectivity index is 2.60. The van der Waals surface area contributed by atoms with Gasteiger partial charge in [-0.1, -0.05) is 0 Å². The number of methoxy groups -OCH3 is 1. The number of halogens is 1. The Morgan fingerprint density at radius 3 is 2.79 bits per heavy atom. The summed E-state index contributed by atoms with van der Waals surface area (Å²) in [6, 6.07) is 4.35. The maximum absolute atomic E-state index is 11.6. The van der Waals surface area contributed by atoms with Crippen LogP contribution in [0, 0.1) is 10.1 Å². The lowest BCUT2D eigenvalue weighted by molar-refractivity contribution is -0.385. The molecule has 6 nitrogen and oxygen atoms in total. The van der Waals surface area contributed by atoms with Crippen LogP contribution in [0.25, 0.3) is 0 Å². The number of carbonyl (C=O) groups excluding carboxylic acids is 1. The van der Waals surface area contributed by atoms with Gasteiger partial charge in [0.05, 0.1) is 15.5 Å². The molecule has 0 bridgehead atoms. The molecule has 7 heteroatoms. The van der Waals surface area contributed by atoms with Crippen LogP contribution in [-0.4, -0.2) is 24.0 Å². The second-order valence-electron chi connectivity index (χ2n) is 4.06. The minimum Gasteiger partial charge on any atom is -0.382 e. The highest BCUT2D eigenvalue weighted by molar-refractivity contribution is 9.10. The molecule has 1 aromatic carbocycles. The lowest BCUT2D eigenvalue weighted by Crippen LogP contribution is -2.15. The number of amides is 1. The maximum Gasteiger partial charge on any atom is 0.283 e. The van der Waals surface area contributed by atoms with Gasteiger partial charge < -0.3 is 10.1 Å². The first-order chi connectivity index (χ1) is 8.93. The van der Waals surface area contributed by atoms with Crippen LogP contribution in [0.4, 0.5) is 11.4 Å². The zero-order chi connectivity index (χ0) is 14.4. The number of hydrogen-bond donors (Lipinski definition) is 1. The molecule has 0 saturated carbocycles. The van der Waals surface area contributed by atoms with Crippen molar-refractivity contribution in [3.63, 3.8) is 0 Å². The molecule has 0 aliphatic carbocycles. The van der Waals surface area contributed by atoms with Crippen molar-refractivity contribution < 1.29 is 14.5 Å². The number of hydrogen-bond acceptors (Lipinski definition) is 4. The van der Waals surface area contributed by atoms with Crippen LogP contribution < -0.4 is 5.32 Å². The van der Waals surface area contributed by atoms with E-state index < -0.39 is 4.92 Å². The molecule has 0 fully saturated rings. The Hall–Kier alpha value is -1.47. The normalized spacial score (nSPS) is 11.9. The average molecular weight is 331 g/mol. The number of nitrogens with one attached hydrogen (secondary N) is 1. The van der Waals surface area contributed by atoms with Crippen LogP contribution in [0.3, 0.4) is 0 Å². The van der Waals surface area contributed by atoms with E-state index in [1.54, 1.807) is 7.11 Å². The van der Waals surface area contributed by atoms with Crippen LogP contribution in [0.5, 0.6) is 0 Å². The van der Waals surface area contributed by atoms with Crippen LogP contribution in [0.2, 0.25) is 0 Å². The Labute approximate surface area is 119 Å². The van der Waals surface area contributed by atoms with E-state index in [1.165, 1.54) is 18.2 Å². The zero-order valence-electron chi connectivity index (χ0n) is 10.7. The number of nitro groups is 1. The van der Waals surface area contributed by atoms with Crippen molar-refractivity contribution in [2.75, 3.05) is 12.4 Å². The van der Waals surface area contributed by atoms with E-state index in [0.717, 1.165) is 0 Å². The maximum atomic E-state index is 11.6. The Morgan fingerprint density at radius 2 is 2.26 bits per heavy atom. The van der Waals surface area contributed by atoms with Crippen molar-refractivity contribution in [2.45, 2.75) is 25.9 Å². The second-order valence-corrected chi connectivity index (χ2v) is 4.91. The molecule has 104 valence electrons. The molecule has 1 aromatic rings. The Kier molecular flexibility index (Phi) is 5.91. The molecule has 1 atom stereocenters. The molecule has 1 rings (SSSR count). The smallest absolute Gasteiger partial charge is 0.283 e. The fourth-order valence-electron chi connectivity index (χ4n) is 1.41. The van der Waals surface area contributed by atoms with Crippen LogP contribution in [0.1, 0.15) is 19.8 Å². The van der Waals surface area contributed by atoms with Crippen molar-refractivity contribution in [1.82, 2.24) is 0 Å². The predicted molar refractivity (Wildman–Crippen MR) is 75.1 cm³/mol. The zero-order valence-corrected chi connectivity index (χ0v) is 12.3. The molecular formula is C12H15BrN2O4. The molecule has 19 heavy (non-hydrogen) atoms. The molecule has 0 saturated heterocycles. The Morgan fingerprint density at radius 1 is 1.58 bits per heavy atom. The SMILES string of the molecule is CO[C@H](C)CCC(=O)Nc1ccc([N+](=O)[O-])c(Br)c1. The van der Waals surface area contributed by atoms with Gasteiger partial charge in [-0.15, -0.1) is 0 Å². The minimum absolute atomic E-state index is 0.0225. The highest BCUT2D eigenvalue weighted by Gasteiger charge is 2.13. The summed E-state index contributed by atoms with van der Waals surface area (Å²) in [6.07, 6.45) is 0.981. The monoisotopic (exact) mass is 330 g/mol. The first-order valence-corrected chi connectivity index (χ1v) is 6.50. The molecule has 0 heterocycles. The largest absolute Gasteiger partial charge is 0.382 e. The minimum atomic E-state index is -0.490. The summed E-state index contributed by atoms with van der Waals surface area (Å²) in [5, 5.41) is 13.3. The van der Waals surface area contributed by atoms with E-state index >= 15 is 0 Å². The van der Waals surface area contributed by atoms with Crippen molar-refractivity contribution in [1.29, 1.82) is 0 Å². The number of ether oxygens (including phenoxy) is 1.